The van der Waals surface area contributed by atoms with E-state index in [9.17, 15) is 8.42 Å². The molecular formula is C15H26N2O2S. The standard InChI is InChI=1S/C15H26N2O2S/c1-5-12(3)11-17(6-2)20(18,19)15-9-7-14(8-10-15)13(4)16/h7-10,12-13H,5-6,11,16H2,1-4H3. The number of hydrogen-bond acceptors (Lipinski definition) is 3. The maximum Gasteiger partial charge on any atom is 0.243 e. The molecule has 1 aromatic carbocycles. The molecule has 5 heteroatoms. The minimum absolute atomic E-state index is 0.0888. The zero-order chi connectivity index (χ0) is 15.3. The van der Waals surface area contributed by atoms with E-state index in [2.05, 4.69) is 13.8 Å². The van der Waals surface area contributed by atoms with Crippen LogP contribution < -0.4 is 5.73 Å². The fourth-order valence-electron chi connectivity index (χ4n) is 1.97. The van der Waals surface area contributed by atoms with Gasteiger partial charge in [0.25, 0.3) is 0 Å². The first-order valence-electron chi connectivity index (χ1n) is 7.18. The van der Waals surface area contributed by atoms with E-state index >= 15 is 0 Å². The summed E-state index contributed by atoms with van der Waals surface area (Å²) in [4.78, 5) is 0.340. The monoisotopic (exact) mass is 298 g/mol. The lowest BCUT2D eigenvalue weighted by molar-refractivity contribution is 0.361. The Hall–Kier alpha value is -0.910. The molecule has 0 fully saturated rings. The molecule has 0 aromatic heterocycles. The van der Waals surface area contributed by atoms with E-state index in [1.165, 1.54) is 0 Å². The van der Waals surface area contributed by atoms with Crippen LogP contribution in [0.2, 0.25) is 0 Å². The Morgan fingerprint density at radius 1 is 1.15 bits per heavy atom. The molecule has 0 saturated carbocycles. The Balaban J connectivity index is 3.01. The van der Waals surface area contributed by atoms with Crippen LogP contribution in [0.15, 0.2) is 29.2 Å². The quantitative estimate of drug-likeness (QED) is 0.842. The molecule has 1 rings (SSSR count). The first-order chi connectivity index (χ1) is 9.32. The molecule has 0 saturated heterocycles. The minimum Gasteiger partial charge on any atom is -0.324 e. The Bertz CT molecular complexity index is 509. The van der Waals surface area contributed by atoms with Gasteiger partial charge in [0.05, 0.1) is 4.90 Å². The molecule has 1 aromatic rings. The first-order valence-corrected chi connectivity index (χ1v) is 8.62. The molecule has 0 aliphatic heterocycles. The van der Waals surface area contributed by atoms with Gasteiger partial charge in [-0.05, 0) is 30.5 Å². The number of nitrogens with two attached hydrogens (primary N) is 1. The zero-order valence-corrected chi connectivity index (χ0v) is 13.7. The topological polar surface area (TPSA) is 63.4 Å². The molecule has 4 nitrogen and oxygen atoms in total. The van der Waals surface area contributed by atoms with Crippen molar-refractivity contribution in [1.29, 1.82) is 0 Å². The molecule has 0 spiro atoms. The normalized spacial score (nSPS) is 15.3. The summed E-state index contributed by atoms with van der Waals surface area (Å²) in [6, 6.07) is 6.78. The minimum atomic E-state index is -3.41. The fraction of sp³-hybridized carbons (Fsp3) is 0.600. The summed E-state index contributed by atoms with van der Waals surface area (Å²) >= 11 is 0. The number of rotatable bonds is 7. The Labute approximate surface area is 123 Å². The van der Waals surface area contributed by atoms with E-state index in [1.807, 2.05) is 13.8 Å². The highest BCUT2D eigenvalue weighted by atomic mass is 32.2. The van der Waals surface area contributed by atoms with Gasteiger partial charge in [-0.15, -0.1) is 0 Å². The van der Waals surface area contributed by atoms with Crippen molar-refractivity contribution in [2.24, 2.45) is 11.7 Å². The van der Waals surface area contributed by atoms with Crippen LogP contribution in [-0.2, 0) is 10.0 Å². The van der Waals surface area contributed by atoms with Gasteiger partial charge in [0.1, 0.15) is 0 Å². The smallest absolute Gasteiger partial charge is 0.243 e. The second-order valence-electron chi connectivity index (χ2n) is 5.33. The van der Waals surface area contributed by atoms with Gasteiger partial charge < -0.3 is 5.73 Å². The lowest BCUT2D eigenvalue weighted by Crippen LogP contribution is -2.34. The molecule has 0 aliphatic rings. The second kappa shape index (κ2) is 7.20. The van der Waals surface area contributed by atoms with E-state index in [-0.39, 0.29) is 6.04 Å². The number of hydrogen-bond donors (Lipinski definition) is 1. The molecule has 20 heavy (non-hydrogen) atoms. The third-order valence-corrected chi connectivity index (χ3v) is 5.56. The van der Waals surface area contributed by atoms with Gasteiger partial charge in [0, 0.05) is 19.1 Å². The Kier molecular flexibility index (Phi) is 6.17. The SMILES string of the molecule is CCC(C)CN(CC)S(=O)(=O)c1ccc(C(C)N)cc1. The molecule has 2 atom stereocenters. The van der Waals surface area contributed by atoms with Crippen LogP contribution >= 0.6 is 0 Å². The number of benzene rings is 1. The van der Waals surface area contributed by atoms with Crippen LogP contribution in [0.3, 0.4) is 0 Å². The summed E-state index contributed by atoms with van der Waals surface area (Å²) in [5.74, 6) is 0.355. The van der Waals surface area contributed by atoms with Gasteiger partial charge in [-0.25, -0.2) is 8.42 Å². The van der Waals surface area contributed by atoms with E-state index < -0.39 is 10.0 Å². The van der Waals surface area contributed by atoms with Gasteiger partial charge in [0.2, 0.25) is 10.0 Å². The van der Waals surface area contributed by atoms with Crippen LogP contribution in [-0.4, -0.2) is 25.8 Å². The second-order valence-corrected chi connectivity index (χ2v) is 7.26. The van der Waals surface area contributed by atoms with Crippen LogP contribution in [0.4, 0.5) is 0 Å². The van der Waals surface area contributed by atoms with Gasteiger partial charge >= 0.3 is 0 Å². The summed E-state index contributed by atoms with van der Waals surface area (Å²) in [5, 5.41) is 0. The third-order valence-electron chi connectivity index (χ3n) is 3.61. The molecule has 0 radical (unpaired) electrons. The highest BCUT2D eigenvalue weighted by Crippen LogP contribution is 2.20. The highest BCUT2D eigenvalue weighted by Gasteiger charge is 2.24. The summed E-state index contributed by atoms with van der Waals surface area (Å²) < 4.78 is 26.7. The van der Waals surface area contributed by atoms with Gasteiger partial charge in [-0.1, -0.05) is 39.3 Å². The van der Waals surface area contributed by atoms with Crippen molar-refractivity contribution in [1.82, 2.24) is 4.31 Å². The summed E-state index contributed by atoms with van der Waals surface area (Å²) in [6.07, 6.45) is 0.968. The third kappa shape index (κ3) is 4.04. The van der Waals surface area contributed by atoms with Crippen LogP contribution in [0.1, 0.15) is 45.7 Å². The van der Waals surface area contributed by atoms with E-state index in [0.29, 0.717) is 23.9 Å². The lowest BCUT2D eigenvalue weighted by Gasteiger charge is -2.23. The lowest BCUT2D eigenvalue weighted by atomic mass is 10.1. The summed E-state index contributed by atoms with van der Waals surface area (Å²) in [5.41, 5.74) is 6.72. The predicted molar refractivity (Wildman–Crippen MR) is 82.9 cm³/mol. The molecule has 2 unspecified atom stereocenters. The average Bonchev–Trinajstić information content (AvgIpc) is 2.44. The summed E-state index contributed by atoms with van der Waals surface area (Å²) in [6.45, 7) is 8.94. The molecule has 2 N–H and O–H groups in total. The summed E-state index contributed by atoms with van der Waals surface area (Å²) in [7, 11) is -3.41. The van der Waals surface area contributed by atoms with Crippen molar-refractivity contribution in [2.75, 3.05) is 13.1 Å². The first kappa shape index (κ1) is 17.1. The maximum absolute atomic E-state index is 12.6. The maximum atomic E-state index is 12.6. The van der Waals surface area contributed by atoms with Crippen molar-refractivity contribution in [3.8, 4) is 0 Å². The van der Waals surface area contributed by atoms with Crippen molar-refractivity contribution in [3.05, 3.63) is 29.8 Å². The predicted octanol–water partition coefficient (Wildman–Crippen LogP) is 2.76. The fourth-order valence-corrected chi connectivity index (χ4v) is 3.54. The van der Waals surface area contributed by atoms with Crippen molar-refractivity contribution >= 4 is 10.0 Å². The molecular weight excluding hydrogens is 272 g/mol. The van der Waals surface area contributed by atoms with Crippen molar-refractivity contribution < 1.29 is 8.42 Å². The van der Waals surface area contributed by atoms with Gasteiger partial charge in [-0.2, -0.15) is 4.31 Å². The zero-order valence-electron chi connectivity index (χ0n) is 12.8. The van der Waals surface area contributed by atoms with Crippen LogP contribution in [0.25, 0.3) is 0 Å². The molecule has 0 bridgehead atoms. The highest BCUT2D eigenvalue weighted by molar-refractivity contribution is 7.89. The van der Waals surface area contributed by atoms with Crippen molar-refractivity contribution in [3.63, 3.8) is 0 Å². The van der Waals surface area contributed by atoms with E-state index in [4.69, 9.17) is 5.73 Å². The van der Waals surface area contributed by atoms with Gasteiger partial charge in [0.15, 0.2) is 0 Å². The van der Waals surface area contributed by atoms with Crippen LogP contribution in [0.5, 0.6) is 0 Å². The Morgan fingerprint density at radius 2 is 1.70 bits per heavy atom. The Morgan fingerprint density at radius 3 is 2.10 bits per heavy atom. The van der Waals surface area contributed by atoms with E-state index in [0.717, 1.165) is 12.0 Å². The van der Waals surface area contributed by atoms with Gasteiger partial charge in [-0.3, -0.25) is 0 Å². The molecule has 0 aliphatic carbocycles. The average molecular weight is 298 g/mol. The largest absolute Gasteiger partial charge is 0.324 e. The number of nitrogens with zero attached hydrogens (tertiary/aromatic N) is 1. The van der Waals surface area contributed by atoms with Crippen LogP contribution in [0, 0.1) is 5.92 Å². The molecule has 0 heterocycles. The van der Waals surface area contributed by atoms with Crippen molar-refractivity contribution in [2.45, 2.75) is 45.1 Å². The van der Waals surface area contributed by atoms with E-state index in [1.54, 1.807) is 28.6 Å². The number of sulfonamides is 1. The molecule has 0 amide bonds. The molecule has 114 valence electrons.